The number of rotatable bonds is 5. The van der Waals surface area contributed by atoms with Crippen molar-refractivity contribution >= 4 is 17.4 Å². The van der Waals surface area contributed by atoms with Crippen molar-refractivity contribution in [2.24, 2.45) is 0 Å². The van der Waals surface area contributed by atoms with Gasteiger partial charge in [-0.15, -0.1) is 0 Å². The van der Waals surface area contributed by atoms with Crippen molar-refractivity contribution in [2.75, 3.05) is 31.6 Å². The molecule has 116 valence electrons. The second-order valence-electron chi connectivity index (χ2n) is 6.28. The Labute approximate surface area is 132 Å². The summed E-state index contributed by atoms with van der Waals surface area (Å²) in [7, 11) is 2.21. The zero-order valence-corrected chi connectivity index (χ0v) is 13.7. The number of anilines is 1. The first kappa shape index (κ1) is 15.1. The minimum atomic E-state index is 0.615. The molecule has 0 radical (unpaired) electrons. The third-order valence-electron chi connectivity index (χ3n) is 4.65. The summed E-state index contributed by atoms with van der Waals surface area (Å²) in [5.41, 5.74) is 1.17. The van der Waals surface area contributed by atoms with Crippen LogP contribution in [-0.4, -0.2) is 48.6 Å². The van der Waals surface area contributed by atoms with Gasteiger partial charge < -0.3 is 10.2 Å². The molecule has 1 atom stereocenters. The quantitative estimate of drug-likeness (QED) is 0.906. The molecule has 4 nitrogen and oxygen atoms in total. The van der Waals surface area contributed by atoms with Crippen LogP contribution in [0.2, 0.25) is 5.02 Å². The average molecular weight is 309 g/mol. The van der Waals surface area contributed by atoms with E-state index in [4.69, 9.17) is 11.6 Å². The summed E-state index contributed by atoms with van der Waals surface area (Å²) < 4.78 is 0. The predicted molar refractivity (Wildman–Crippen MR) is 88.0 cm³/mol. The molecule has 2 heterocycles. The van der Waals surface area contributed by atoms with Crippen molar-refractivity contribution in [3.8, 4) is 0 Å². The standard InChI is InChI=1S/C16H25ClN4/c1-3-14-11-21(7-6-20(14)2)16-8-12(15(17)10-19-16)9-18-13-4-5-13/h8,10,13-14,18H,3-7,9,11H2,1-2H3. The largest absolute Gasteiger partial charge is 0.354 e. The van der Waals surface area contributed by atoms with Crippen LogP contribution < -0.4 is 10.2 Å². The van der Waals surface area contributed by atoms with Gasteiger partial charge in [0.2, 0.25) is 0 Å². The molecular weight excluding hydrogens is 284 g/mol. The summed E-state index contributed by atoms with van der Waals surface area (Å²) in [6, 6.07) is 3.48. The van der Waals surface area contributed by atoms with Gasteiger partial charge in [0.25, 0.3) is 0 Å². The number of hydrogen-bond acceptors (Lipinski definition) is 4. The highest BCUT2D eigenvalue weighted by atomic mass is 35.5. The van der Waals surface area contributed by atoms with Crippen molar-refractivity contribution in [2.45, 2.75) is 44.8 Å². The molecule has 3 rings (SSSR count). The van der Waals surface area contributed by atoms with Crippen molar-refractivity contribution in [3.05, 3.63) is 22.8 Å². The van der Waals surface area contributed by atoms with E-state index < -0.39 is 0 Å². The Bertz CT molecular complexity index is 489. The first-order valence-electron chi connectivity index (χ1n) is 8.00. The maximum atomic E-state index is 6.29. The van der Waals surface area contributed by atoms with Crippen LogP contribution in [0.3, 0.4) is 0 Å². The Balaban J connectivity index is 1.70. The summed E-state index contributed by atoms with van der Waals surface area (Å²) in [4.78, 5) is 9.39. The molecule has 5 heteroatoms. The molecule has 0 amide bonds. The Hall–Kier alpha value is -0.840. The summed E-state index contributed by atoms with van der Waals surface area (Å²) in [5.74, 6) is 1.07. The van der Waals surface area contributed by atoms with Gasteiger partial charge >= 0.3 is 0 Å². The minimum absolute atomic E-state index is 0.615. The molecule has 1 saturated heterocycles. The molecule has 1 aromatic rings. The number of hydrogen-bond donors (Lipinski definition) is 1. The fourth-order valence-electron chi connectivity index (χ4n) is 2.91. The number of pyridine rings is 1. The minimum Gasteiger partial charge on any atom is -0.354 e. The first-order valence-corrected chi connectivity index (χ1v) is 8.38. The van der Waals surface area contributed by atoms with Gasteiger partial charge in [0.15, 0.2) is 0 Å². The lowest BCUT2D eigenvalue weighted by molar-refractivity contribution is 0.213. The van der Waals surface area contributed by atoms with Crippen LogP contribution in [0.15, 0.2) is 12.3 Å². The van der Waals surface area contributed by atoms with Crippen LogP contribution in [0.1, 0.15) is 31.7 Å². The summed E-state index contributed by atoms with van der Waals surface area (Å²) in [6.45, 7) is 6.29. The van der Waals surface area contributed by atoms with Gasteiger partial charge in [-0.1, -0.05) is 18.5 Å². The molecule has 1 saturated carbocycles. The smallest absolute Gasteiger partial charge is 0.129 e. The van der Waals surface area contributed by atoms with Crippen LogP contribution >= 0.6 is 11.6 Å². The fraction of sp³-hybridized carbons (Fsp3) is 0.688. The van der Waals surface area contributed by atoms with Gasteiger partial charge in [0.05, 0.1) is 5.02 Å². The second kappa shape index (κ2) is 6.51. The maximum absolute atomic E-state index is 6.29. The SMILES string of the molecule is CCC1CN(c2cc(CNC3CC3)c(Cl)cn2)CCN1C. The molecule has 1 aromatic heterocycles. The van der Waals surface area contributed by atoms with E-state index in [9.17, 15) is 0 Å². The Morgan fingerprint density at radius 3 is 2.90 bits per heavy atom. The molecule has 2 aliphatic rings. The van der Waals surface area contributed by atoms with Crippen LogP contribution in [0.25, 0.3) is 0 Å². The van der Waals surface area contributed by atoms with E-state index in [1.807, 2.05) is 0 Å². The van der Waals surface area contributed by atoms with Gasteiger partial charge in [0.1, 0.15) is 5.82 Å². The number of halogens is 1. The number of piperazine rings is 1. The van der Waals surface area contributed by atoms with Gasteiger partial charge in [-0.25, -0.2) is 4.98 Å². The lowest BCUT2D eigenvalue weighted by Gasteiger charge is -2.39. The third-order valence-corrected chi connectivity index (χ3v) is 4.99. The normalized spacial score (nSPS) is 23.6. The Morgan fingerprint density at radius 1 is 1.38 bits per heavy atom. The van der Waals surface area contributed by atoms with Crippen molar-refractivity contribution in [3.63, 3.8) is 0 Å². The monoisotopic (exact) mass is 308 g/mol. The van der Waals surface area contributed by atoms with E-state index in [1.54, 1.807) is 6.20 Å². The second-order valence-corrected chi connectivity index (χ2v) is 6.68. The molecule has 0 bridgehead atoms. The molecule has 1 N–H and O–H groups in total. The van der Waals surface area contributed by atoms with Crippen LogP contribution in [-0.2, 0) is 6.54 Å². The average Bonchev–Trinajstić information content (AvgIpc) is 3.31. The van der Waals surface area contributed by atoms with Gasteiger partial charge in [-0.2, -0.15) is 0 Å². The highest BCUT2D eigenvalue weighted by Crippen LogP contribution is 2.25. The molecule has 2 fully saturated rings. The van der Waals surface area contributed by atoms with Gasteiger partial charge in [0, 0.05) is 44.5 Å². The molecular formula is C16H25ClN4. The fourth-order valence-corrected chi connectivity index (χ4v) is 3.08. The van der Waals surface area contributed by atoms with Crippen molar-refractivity contribution in [1.29, 1.82) is 0 Å². The molecule has 1 aliphatic heterocycles. The number of likely N-dealkylation sites (N-methyl/N-ethyl adjacent to an activating group) is 1. The molecule has 1 unspecified atom stereocenters. The van der Waals surface area contributed by atoms with Gasteiger partial charge in [-0.05, 0) is 37.9 Å². The maximum Gasteiger partial charge on any atom is 0.129 e. The number of nitrogens with one attached hydrogen (secondary N) is 1. The zero-order chi connectivity index (χ0) is 14.8. The van der Waals surface area contributed by atoms with E-state index in [2.05, 4.69) is 40.1 Å². The van der Waals surface area contributed by atoms with E-state index in [0.717, 1.165) is 37.0 Å². The van der Waals surface area contributed by atoms with Crippen molar-refractivity contribution < 1.29 is 0 Å². The van der Waals surface area contributed by atoms with Crippen molar-refractivity contribution in [1.82, 2.24) is 15.2 Å². The van der Waals surface area contributed by atoms with Crippen LogP contribution in [0, 0.1) is 0 Å². The molecule has 0 aromatic carbocycles. The van der Waals surface area contributed by atoms with E-state index >= 15 is 0 Å². The topological polar surface area (TPSA) is 31.4 Å². The summed E-state index contributed by atoms with van der Waals surface area (Å²) >= 11 is 6.29. The van der Waals surface area contributed by atoms with Gasteiger partial charge in [-0.3, -0.25) is 4.90 Å². The highest BCUT2D eigenvalue weighted by Gasteiger charge is 2.24. The Morgan fingerprint density at radius 2 is 2.19 bits per heavy atom. The molecule has 0 spiro atoms. The Kier molecular flexibility index (Phi) is 4.67. The third kappa shape index (κ3) is 3.68. The number of nitrogens with zero attached hydrogens (tertiary/aromatic N) is 3. The highest BCUT2D eigenvalue weighted by molar-refractivity contribution is 6.31. The van der Waals surface area contributed by atoms with Crippen LogP contribution in [0.4, 0.5) is 5.82 Å². The molecule has 21 heavy (non-hydrogen) atoms. The lowest BCUT2D eigenvalue weighted by atomic mass is 10.1. The van der Waals surface area contributed by atoms with E-state index in [-0.39, 0.29) is 0 Å². The predicted octanol–water partition coefficient (Wildman–Crippen LogP) is 2.52. The van der Waals surface area contributed by atoms with E-state index in [1.165, 1.54) is 24.8 Å². The van der Waals surface area contributed by atoms with E-state index in [0.29, 0.717) is 12.1 Å². The van der Waals surface area contributed by atoms with Crippen LogP contribution in [0.5, 0.6) is 0 Å². The first-order chi connectivity index (χ1) is 10.2. The zero-order valence-electron chi connectivity index (χ0n) is 13.0. The lowest BCUT2D eigenvalue weighted by Crippen LogP contribution is -2.51. The number of aromatic nitrogens is 1. The summed E-state index contributed by atoms with van der Waals surface area (Å²) in [5, 5.41) is 4.30. The molecule has 1 aliphatic carbocycles. The summed E-state index contributed by atoms with van der Waals surface area (Å²) in [6.07, 6.45) is 5.58.